The number of rotatable bonds is 4. The molecule has 1 aromatic heterocycles. The zero-order valence-electron chi connectivity index (χ0n) is 15.2. The van der Waals surface area contributed by atoms with E-state index in [1.165, 1.54) is 24.8 Å². The number of benzene rings is 2. The smallest absolute Gasteiger partial charge is 0.120 e. The summed E-state index contributed by atoms with van der Waals surface area (Å²) in [6, 6.07) is 14.1. The maximum Gasteiger partial charge on any atom is 0.120 e. The summed E-state index contributed by atoms with van der Waals surface area (Å²) in [4.78, 5) is 6.87. The van der Waals surface area contributed by atoms with Crippen molar-refractivity contribution in [2.75, 3.05) is 18.4 Å². The largest absolute Gasteiger partial charge is 0.508 e. The standard InChI is InChI=1S/C22H25N3O/c1-16-5-7-20-19(13-16)21(9-10-23-20)24-18-6-8-22(26)17(14-18)15-25-11-3-2-4-12-25/h5-10,13-14,26H,2-4,11-12,15H2,1H3,(H,23,24). The van der Waals surface area contributed by atoms with Crippen molar-refractivity contribution in [3.8, 4) is 5.75 Å². The number of nitrogens with zero attached hydrogens (tertiary/aromatic N) is 2. The van der Waals surface area contributed by atoms with Crippen molar-refractivity contribution in [3.05, 3.63) is 59.8 Å². The summed E-state index contributed by atoms with van der Waals surface area (Å²) in [5, 5.41) is 14.9. The number of hydrogen-bond donors (Lipinski definition) is 2. The van der Waals surface area contributed by atoms with Crippen molar-refractivity contribution in [1.29, 1.82) is 0 Å². The molecule has 26 heavy (non-hydrogen) atoms. The van der Waals surface area contributed by atoms with Gasteiger partial charge in [0.15, 0.2) is 0 Å². The molecule has 0 unspecified atom stereocenters. The lowest BCUT2D eigenvalue weighted by atomic mass is 10.1. The molecule has 0 radical (unpaired) electrons. The normalized spacial score (nSPS) is 15.3. The van der Waals surface area contributed by atoms with Gasteiger partial charge in [0, 0.05) is 35.1 Å². The first-order valence-electron chi connectivity index (χ1n) is 9.36. The second-order valence-electron chi connectivity index (χ2n) is 7.18. The van der Waals surface area contributed by atoms with Crippen LogP contribution in [-0.2, 0) is 6.54 Å². The third-order valence-electron chi connectivity index (χ3n) is 5.10. The number of piperidine rings is 1. The first-order valence-corrected chi connectivity index (χ1v) is 9.36. The molecule has 1 aliphatic heterocycles. The molecular weight excluding hydrogens is 322 g/mol. The molecule has 0 spiro atoms. The van der Waals surface area contributed by atoms with Crippen LogP contribution in [0.25, 0.3) is 10.9 Å². The molecule has 2 N–H and O–H groups in total. The molecule has 0 bridgehead atoms. The molecule has 4 nitrogen and oxygen atoms in total. The molecule has 1 saturated heterocycles. The summed E-state index contributed by atoms with van der Waals surface area (Å²) in [7, 11) is 0. The van der Waals surface area contributed by atoms with Crippen molar-refractivity contribution < 1.29 is 5.11 Å². The van der Waals surface area contributed by atoms with Gasteiger partial charge in [0.05, 0.1) is 5.52 Å². The highest BCUT2D eigenvalue weighted by atomic mass is 16.3. The fourth-order valence-corrected chi connectivity index (χ4v) is 3.67. The average molecular weight is 347 g/mol. The van der Waals surface area contributed by atoms with Gasteiger partial charge in [-0.15, -0.1) is 0 Å². The Morgan fingerprint density at radius 3 is 2.73 bits per heavy atom. The van der Waals surface area contributed by atoms with Crippen LogP contribution >= 0.6 is 0 Å². The third kappa shape index (κ3) is 3.65. The molecule has 4 heteroatoms. The van der Waals surface area contributed by atoms with Crippen molar-refractivity contribution in [1.82, 2.24) is 9.88 Å². The van der Waals surface area contributed by atoms with E-state index in [4.69, 9.17) is 0 Å². The molecule has 134 valence electrons. The Labute approximate surface area is 154 Å². The van der Waals surface area contributed by atoms with E-state index in [1.54, 1.807) is 6.07 Å². The van der Waals surface area contributed by atoms with Crippen LogP contribution in [0.2, 0.25) is 0 Å². The van der Waals surface area contributed by atoms with Gasteiger partial charge in [-0.2, -0.15) is 0 Å². The van der Waals surface area contributed by atoms with Crippen LogP contribution < -0.4 is 5.32 Å². The molecule has 1 aliphatic rings. The van der Waals surface area contributed by atoms with Gasteiger partial charge in [-0.1, -0.05) is 18.1 Å². The molecule has 0 atom stereocenters. The number of aryl methyl sites for hydroxylation is 1. The van der Waals surface area contributed by atoms with Gasteiger partial charge in [-0.25, -0.2) is 0 Å². The number of anilines is 2. The summed E-state index contributed by atoms with van der Waals surface area (Å²) < 4.78 is 0. The molecule has 2 aromatic carbocycles. The monoisotopic (exact) mass is 347 g/mol. The van der Waals surface area contributed by atoms with E-state index in [2.05, 4.69) is 46.4 Å². The first-order chi connectivity index (χ1) is 12.7. The number of phenols is 1. The summed E-state index contributed by atoms with van der Waals surface area (Å²) in [6.07, 6.45) is 5.65. The van der Waals surface area contributed by atoms with Crippen LogP contribution in [-0.4, -0.2) is 28.1 Å². The number of nitrogens with one attached hydrogen (secondary N) is 1. The Morgan fingerprint density at radius 2 is 1.88 bits per heavy atom. The lowest BCUT2D eigenvalue weighted by Gasteiger charge is -2.26. The van der Waals surface area contributed by atoms with Crippen molar-refractivity contribution >= 4 is 22.3 Å². The molecule has 0 amide bonds. The number of pyridine rings is 1. The van der Waals surface area contributed by atoms with E-state index in [9.17, 15) is 5.11 Å². The SMILES string of the molecule is Cc1ccc2nccc(Nc3ccc(O)c(CN4CCCCC4)c3)c2c1. The average Bonchev–Trinajstić information content (AvgIpc) is 2.66. The predicted octanol–water partition coefficient (Wildman–Crippen LogP) is 4.98. The van der Waals surface area contributed by atoms with Gasteiger partial charge < -0.3 is 10.4 Å². The highest BCUT2D eigenvalue weighted by Crippen LogP contribution is 2.29. The van der Waals surface area contributed by atoms with Crippen LogP contribution in [0.5, 0.6) is 5.75 Å². The number of aromatic nitrogens is 1. The second-order valence-corrected chi connectivity index (χ2v) is 7.18. The highest BCUT2D eigenvalue weighted by Gasteiger charge is 2.13. The van der Waals surface area contributed by atoms with E-state index in [-0.39, 0.29) is 0 Å². The molecule has 2 heterocycles. The minimum atomic E-state index is 0.372. The number of hydrogen-bond acceptors (Lipinski definition) is 4. The maximum atomic E-state index is 10.3. The van der Waals surface area contributed by atoms with Crippen LogP contribution in [0.4, 0.5) is 11.4 Å². The molecule has 1 fully saturated rings. The quantitative estimate of drug-likeness (QED) is 0.654. The molecular formula is C22H25N3O. The molecule has 0 aliphatic carbocycles. The van der Waals surface area contributed by atoms with Crippen molar-refractivity contribution in [2.45, 2.75) is 32.7 Å². The van der Waals surface area contributed by atoms with Gasteiger partial charge in [0.25, 0.3) is 0 Å². The fraction of sp³-hybridized carbons (Fsp3) is 0.318. The Bertz CT molecular complexity index is 916. The minimum absolute atomic E-state index is 0.372. The third-order valence-corrected chi connectivity index (χ3v) is 5.10. The van der Waals surface area contributed by atoms with E-state index in [1.807, 2.05) is 18.3 Å². The fourth-order valence-electron chi connectivity index (χ4n) is 3.67. The van der Waals surface area contributed by atoms with Crippen molar-refractivity contribution in [3.63, 3.8) is 0 Å². The number of aromatic hydroxyl groups is 1. The zero-order valence-corrected chi connectivity index (χ0v) is 15.2. The molecule has 3 aromatic rings. The first kappa shape index (κ1) is 16.9. The van der Waals surface area contributed by atoms with Crippen LogP contribution in [0.3, 0.4) is 0 Å². The lowest BCUT2D eigenvalue weighted by molar-refractivity contribution is 0.218. The van der Waals surface area contributed by atoms with Gasteiger partial charge in [-0.05, 0) is 69.3 Å². The summed E-state index contributed by atoms with van der Waals surface area (Å²) in [6.45, 7) is 5.13. The van der Waals surface area contributed by atoms with E-state index >= 15 is 0 Å². The molecule has 0 saturated carbocycles. The van der Waals surface area contributed by atoms with Crippen LogP contribution in [0.15, 0.2) is 48.7 Å². The number of likely N-dealkylation sites (tertiary alicyclic amines) is 1. The highest BCUT2D eigenvalue weighted by molar-refractivity contribution is 5.93. The van der Waals surface area contributed by atoms with Gasteiger partial charge >= 0.3 is 0 Å². The second kappa shape index (κ2) is 7.34. The Balaban J connectivity index is 1.60. The van der Waals surface area contributed by atoms with E-state index in [0.29, 0.717) is 5.75 Å². The van der Waals surface area contributed by atoms with E-state index < -0.39 is 0 Å². The topological polar surface area (TPSA) is 48.4 Å². The van der Waals surface area contributed by atoms with Gasteiger partial charge in [0.1, 0.15) is 5.75 Å². The predicted molar refractivity (Wildman–Crippen MR) is 107 cm³/mol. The van der Waals surface area contributed by atoms with Gasteiger partial charge in [0.2, 0.25) is 0 Å². The summed E-state index contributed by atoms with van der Waals surface area (Å²) >= 11 is 0. The Hall–Kier alpha value is -2.59. The number of phenolic OH excluding ortho intramolecular Hbond substituents is 1. The van der Waals surface area contributed by atoms with Crippen LogP contribution in [0.1, 0.15) is 30.4 Å². The maximum absolute atomic E-state index is 10.3. The van der Waals surface area contributed by atoms with Gasteiger partial charge in [-0.3, -0.25) is 9.88 Å². The van der Waals surface area contributed by atoms with Crippen LogP contribution in [0, 0.1) is 6.92 Å². The lowest BCUT2D eigenvalue weighted by Crippen LogP contribution is -2.29. The van der Waals surface area contributed by atoms with E-state index in [0.717, 1.165) is 47.5 Å². The zero-order chi connectivity index (χ0) is 17.9. The molecule has 4 rings (SSSR count). The van der Waals surface area contributed by atoms with Crippen molar-refractivity contribution in [2.24, 2.45) is 0 Å². The minimum Gasteiger partial charge on any atom is -0.508 e. The Morgan fingerprint density at radius 1 is 1.04 bits per heavy atom. The summed E-state index contributed by atoms with van der Waals surface area (Å²) in [5.41, 5.74) is 5.20. The number of fused-ring (bicyclic) bond motifs is 1. The Kier molecular flexibility index (Phi) is 4.76. The summed E-state index contributed by atoms with van der Waals surface area (Å²) in [5.74, 6) is 0.372.